The van der Waals surface area contributed by atoms with Crippen LogP contribution in [-0.4, -0.2) is 44.8 Å². The Kier molecular flexibility index (Phi) is 6.51. The number of aliphatic hydroxyl groups is 1. The summed E-state index contributed by atoms with van der Waals surface area (Å²) in [6.45, 7) is -0.00554. The van der Waals surface area contributed by atoms with Crippen LogP contribution in [0.3, 0.4) is 0 Å². The Labute approximate surface area is 146 Å². The van der Waals surface area contributed by atoms with Gasteiger partial charge in [0.05, 0.1) is 27.8 Å². The van der Waals surface area contributed by atoms with Crippen molar-refractivity contribution in [3.8, 4) is 0 Å². The SMILES string of the molecule is CSCCC(CO)NC(=S)Nc1nc2ccc([N+](=O)[O-])cc2s1. The molecule has 0 fully saturated rings. The van der Waals surface area contributed by atoms with Gasteiger partial charge in [-0.1, -0.05) is 11.3 Å². The van der Waals surface area contributed by atoms with Gasteiger partial charge >= 0.3 is 0 Å². The van der Waals surface area contributed by atoms with Gasteiger partial charge in [-0.15, -0.1) is 0 Å². The predicted octanol–water partition coefficient (Wildman–Crippen LogP) is 2.60. The number of aromatic nitrogens is 1. The lowest BCUT2D eigenvalue weighted by Crippen LogP contribution is -2.40. The van der Waals surface area contributed by atoms with Crippen molar-refractivity contribution in [3.05, 3.63) is 28.3 Å². The maximum atomic E-state index is 10.8. The first-order valence-corrected chi connectivity index (χ1v) is 9.37. The number of thioether (sulfide) groups is 1. The van der Waals surface area contributed by atoms with Crippen molar-refractivity contribution in [2.24, 2.45) is 0 Å². The molecule has 23 heavy (non-hydrogen) atoms. The summed E-state index contributed by atoms with van der Waals surface area (Å²) in [4.78, 5) is 14.7. The average molecular weight is 372 g/mol. The minimum absolute atomic E-state index is 0.00554. The van der Waals surface area contributed by atoms with E-state index in [0.717, 1.165) is 12.2 Å². The summed E-state index contributed by atoms with van der Waals surface area (Å²) in [5.74, 6) is 0.922. The van der Waals surface area contributed by atoms with E-state index >= 15 is 0 Å². The molecule has 0 saturated carbocycles. The molecule has 0 bridgehead atoms. The van der Waals surface area contributed by atoms with E-state index in [1.165, 1.54) is 23.5 Å². The number of hydrogen-bond acceptors (Lipinski definition) is 7. The van der Waals surface area contributed by atoms with Gasteiger partial charge in [-0.05, 0) is 36.7 Å². The van der Waals surface area contributed by atoms with Gasteiger partial charge in [0.2, 0.25) is 0 Å². The predicted molar refractivity (Wildman–Crippen MR) is 99.5 cm³/mol. The molecular formula is C13H16N4O3S3. The second-order valence-corrected chi connectivity index (χ2v) is 7.11. The highest BCUT2D eigenvalue weighted by molar-refractivity contribution is 7.98. The van der Waals surface area contributed by atoms with E-state index in [-0.39, 0.29) is 18.3 Å². The molecule has 0 radical (unpaired) electrons. The fraction of sp³-hybridized carbons (Fsp3) is 0.385. The van der Waals surface area contributed by atoms with Crippen molar-refractivity contribution in [2.75, 3.05) is 23.9 Å². The van der Waals surface area contributed by atoms with Crippen molar-refractivity contribution < 1.29 is 10.0 Å². The minimum atomic E-state index is -0.434. The number of fused-ring (bicyclic) bond motifs is 1. The van der Waals surface area contributed by atoms with E-state index in [9.17, 15) is 15.2 Å². The number of nitro groups is 1. The number of aliphatic hydroxyl groups excluding tert-OH is 1. The van der Waals surface area contributed by atoms with Crippen LogP contribution in [0.2, 0.25) is 0 Å². The molecule has 1 aromatic heterocycles. The Morgan fingerprint density at radius 3 is 3.04 bits per heavy atom. The highest BCUT2D eigenvalue weighted by Crippen LogP contribution is 2.29. The Morgan fingerprint density at radius 2 is 2.39 bits per heavy atom. The first-order chi connectivity index (χ1) is 11.0. The first kappa shape index (κ1) is 17.9. The lowest BCUT2D eigenvalue weighted by Gasteiger charge is -2.17. The smallest absolute Gasteiger partial charge is 0.270 e. The number of nitrogens with zero attached hydrogens (tertiary/aromatic N) is 2. The third kappa shape index (κ3) is 4.99. The van der Waals surface area contributed by atoms with Crippen molar-refractivity contribution in [1.82, 2.24) is 10.3 Å². The molecule has 2 rings (SSSR count). The summed E-state index contributed by atoms with van der Waals surface area (Å²) >= 11 is 8.21. The zero-order chi connectivity index (χ0) is 16.8. The van der Waals surface area contributed by atoms with Gasteiger partial charge in [0.25, 0.3) is 5.69 Å². The van der Waals surface area contributed by atoms with Crippen LogP contribution >= 0.6 is 35.3 Å². The van der Waals surface area contributed by atoms with Gasteiger partial charge < -0.3 is 15.7 Å². The number of benzene rings is 1. The highest BCUT2D eigenvalue weighted by atomic mass is 32.2. The van der Waals surface area contributed by atoms with Crippen LogP contribution in [-0.2, 0) is 0 Å². The number of hydrogen-bond donors (Lipinski definition) is 3. The number of non-ortho nitro benzene ring substituents is 1. The van der Waals surface area contributed by atoms with Gasteiger partial charge in [0, 0.05) is 12.1 Å². The fourth-order valence-corrected chi connectivity index (χ4v) is 3.62. The molecule has 3 N–H and O–H groups in total. The fourth-order valence-electron chi connectivity index (χ4n) is 1.87. The molecule has 1 unspecified atom stereocenters. The summed E-state index contributed by atoms with van der Waals surface area (Å²) in [6, 6.07) is 4.41. The Hall–Kier alpha value is -1.49. The molecular weight excluding hydrogens is 356 g/mol. The molecule has 0 amide bonds. The quantitative estimate of drug-likeness (QED) is 0.387. The summed E-state index contributed by atoms with van der Waals surface area (Å²) in [6.07, 6.45) is 2.80. The number of thiazole rings is 1. The summed E-state index contributed by atoms with van der Waals surface area (Å²) < 4.78 is 0.714. The van der Waals surface area contributed by atoms with Gasteiger partial charge in [-0.25, -0.2) is 4.98 Å². The van der Waals surface area contributed by atoms with Crippen LogP contribution < -0.4 is 10.6 Å². The minimum Gasteiger partial charge on any atom is -0.394 e. The number of anilines is 1. The number of rotatable bonds is 7. The van der Waals surface area contributed by atoms with Crippen LogP contribution in [0.5, 0.6) is 0 Å². The third-order valence-corrected chi connectivity index (χ3v) is 4.83. The highest BCUT2D eigenvalue weighted by Gasteiger charge is 2.12. The lowest BCUT2D eigenvalue weighted by atomic mass is 10.2. The van der Waals surface area contributed by atoms with Crippen LogP contribution in [0.15, 0.2) is 18.2 Å². The molecule has 1 aromatic carbocycles. The van der Waals surface area contributed by atoms with E-state index in [4.69, 9.17) is 12.2 Å². The Morgan fingerprint density at radius 1 is 1.61 bits per heavy atom. The second-order valence-electron chi connectivity index (χ2n) is 4.69. The molecule has 0 aliphatic heterocycles. The first-order valence-electron chi connectivity index (χ1n) is 6.75. The lowest BCUT2D eigenvalue weighted by molar-refractivity contribution is -0.384. The van der Waals surface area contributed by atoms with Gasteiger partial charge in [0.1, 0.15) is 0 Å². The zero-order valence-electron chi connectivity index (χ0n) is 12.3. The van der Waals surface area contributed by atoms with Crippen LogP contribution in [0.1, 0.15) is 6.42 Å². The number of nitrogens with one attached hydrogen (secondary N) is 2. The van der Waals surface area contributed by atoms with Crippen LogP contribution in [0, 0.1) is 10.1 Å². The molecule has 1 atom stereocenters. The van der Waals surface area contributed by atoms with E-state index in [1.807, 2.05) is 6.26 Å². The molecule has 0 aliphatic rings. The van der Waals surface area contributed by atoms with Crippen molar-refractivity contribution in [1.29, 1.82) is 0 Å². The number of nitro benzene ring substituents is 1. The van der Waals surface area contributed by atoms with E-state index in [0.29, 0.717) is 20.5 Å². The van der Waals surface area contributed by atoms with Gasteiger partial charge in [-0.2, -0.15) is 11.8 Å². The molecule has 0 spiro atoms. The Balaban J connectivity index is 2.03. The molecule has 7 nitrogen and oxygen atoms in total. The number of thiocarbonyl (C=S) groups is 1. The van der Waals surface area contributed by atoms with Gasteiger partial charge in [0.15, 0.2) is 10.2 Å². The molecule has 10 heteroatoms. The monoisotopic (exact) mass is 372 g/mol. The largest absolute Gasteiger partial charge is 0.394 e. The molecule has 1 heterocycles. The third-order valence-electron chi connectivity index (χ3n) is 3.03. The van der Waals surface area contributed by atoms with Crippen LogP contribution in [0.4, 0.5) is 10.8 Å². The zero-order valence-corrected chi connectivity index (χ0v) is 14.8. The standard InChI is InChI=1S/C13H16N4O3S3/c1-22-5-4-8(7-18)14-12(21)16-13-15-10-3-2-9(17(19)20)6-11(10)23-13/h2-3,6,8,18H,4-5,7H2,1H3,(H2,14,15,16,21). The molecule has 2 aromatic rings. The van der Waals surface area contributed by atoms with Crippen molar-refractivity contribution in [2.45, 2.75) is 12.5 Å². The second kappa shape index (κ2) is 8.39. The van der Waals surface area contributed by atoms with Gasteiger partial charge in [-0.3, -0.25) is 10.1 Å². The van der Waals surface area contributed by atoms with Crippen molar-refractivity contribution >= 4 is 61.5 Å². The normalized spacial score (nSPS) is 12.1. The summed E-state index contributed by atoms with van der Waals surface area (Å²) in [5.41, 5.74) is 0.706. The maximum Gasteiger partial charge on any atom is 0.270 e. The summed E-state index contributed by atoms with van der Waals surface area (Å²) in [7, 11) is 0. The van der Waals surface area contributed by atoms with E-state index in [2.05, 4.69) is 15.6 Å². The average Bonchev–Trinajstić information content (AvgIpc) is 2.92. The topological polar surface area (TPSA) is 100 Å². The molecule has 0 saturated heterocycles. The Bertz CT molecular complexity index is 707. The van der Waals surface area contributed by atoms with E-state index in [1.54, 1.807) is 17.8 Å². The molecule has 124 valence electrons. The maximum absolute atomic E-state index is 10.8. The van der Waals surface area contributed by atoms with E-state index < -0.39 is 4.92 Å². The van der Waals surface area contributed by atoms with Crippen molar-refractivity contribution in [3.63, 3.8) is 0 Å². The van der Waals surface area contributed by atoms with Crippen LogP contribution in [0.25, 0.3) is 10.2 Å². The summed E-state index contributed by atoms with van der Waals surface area (Å²) in [5, 5.41) is 27.0. The molecule has 0 aliphatic carbocycles.